The quantitative estimate of drug-likeness (QED) is 0.456. The van der Waals surface area contributed by atoms with Crippen LogP contribution < -0.4 is 15.2 Å². The van der Waals surface area contributed by atoms with Crippen molar-refractivity contribution in [2.24, 2.45) is 5.73 Å². The molecule has 1 saturated carbocycles. The van der Waals surface area contributed by atoms with Gasteiger partial charge in [0.05, 0.1) is 35.1 Å². The smallest absolute Gasteiger partial charge is 0.248 e. The van der Waals surface area contributed by atoms with E-state index >= 15 is 0 Å². The summed E-state index contributed by atoms with van der Waals surface area (Å²) in [5, 5.41) is 1.79. The number of primary amides is 1. The highest BCUT2D eigenvalue weighted by Crippen LogP contribution is 2.40. The molecule has 0 unspecified atom stereocenters. The molecule has 1 aliphatic carbocycles. The molecule has 1 aliphatic rings. The number of sulfonamides is 1. The van der Waals surface area contributed by atoms with Crippen LogP contribution in [0, 0.1) is 0 Å². The Balaban J connectivity index is 1.76. The Morgan fingerprint density at radius 3 is 2.62 bits per heavy atom. The van der Waals surface area contributed by atoms with Crippen molar-refractivity contribution in [1.29, 1.82) is 0 Å². The number of rotatable bonds is 9. The number of amides is 1. The first-order chi connectivity index (χ1) is 16.0. The Kier molecular flexibility index (Phi) is 6.34. The van der Waals surface area contributed by atoms with Crippen LogP contribution in [0.1, 0.15) is 62.2 Å². The zero-order chi connectivity index (χ0) is 24.7. The molecule has 2 aromatic heterocycles. The number of benzene rings is 1. The van der Waals surface area contributed by atoms with E-state index in [-0.39, 0.29) is 11.4 Å². The number of carbonyl (C=O) groups excluding carboxylic acids is 1. The largest absolute Gasteiger partial charge is 0.474 e. The van der Waals surface area contributed by atoms with Gasteiger partial charge in [0, 0.05) is 21.9 Å². The minimum atomic E-state index is -3.42. The standard InChI is InChI=1S/C23H27N5O4S2/c1-13(2)32-20-11-25-10-18(26-20)16-8-5-14(21(24)29)9-17(16)23(3,4)19-12-33-22(27-19)28-34(30,31)15-6-7-15/h5,8-13,15H,6-7H2,1-4H3,(H2,24,29)(H,27,28). The van der Waals surface area contributed by atoms with E-state index in [9.17, 15) is 13.2 Å². The summed E-state index contributed by atoms with van der Waals surface area (Å²) in [6, 6.07) is 5.15. The van der Waals surface area contributed by atoms with Crippen molar-refractivity contribution in [2.45, 2.75) is 57.3 Å². The first-order valence-corrected chi connectivity index (χ1v) is 13.3. The van der Waals surface area contributed by atoms with Gasteiger partial charge in [-0.25, -0.2) is 18.4 Å². The van der Waals surface area contributed by atoms with E-state index < -0.39 is 21.3 Å². The fourth-order valence-electron chi connectivity index (χ4n) is 3.54. The van der Waals surface area contributed by atoms with Crippen molar-refractivity contribution in [3.8, 4) is 17.1 Å². The van der Waals surface area contributed by atoms with Gasteiger partial charge in [-0.1, -0.05) is 19.9 Å². The monoisotopic (exact) mass is 501 g/mol. The molecule has 11 heteroatoms. The third-order valence-corrected chi connectivity index (χ3v) is 8.27. The Bertz CT molecular complexity index is 1330. The van der Waals surface area contributed by atoms with Gasteiger partial charge < -0.3 is 10.5 Å². The van der Waals surface area contributed by atoms with Crippen molar-refractivity contribution in [3.63, 3.8) is 0 Å². The van der Waals surface area contributed by atoms with E-state index in [1.165, 1.54) is 11.3 Å². The summed E-state index contributed by atoms with van der Waals surface area (Å²) in [5.41, 5.74) is 7.91. The van der Waals surface area contributed by atoms with Gasteiger partial charge in [-0.2, -0.15) is 0 Å². The zero-order valence-corrected chi connectivity index (χ0v) is 21.0. The molecule has 0 atom stereocenters. The molecule has 0 saturated heterocycles. The van der Waals surface area contributed by atoms with Crippen LogP contribution in [0.5, 0.6) is 5.88 Å². The average Bonchev–Trinajstić information content (AvgIpc) is 3.53. The number of aromatic nitrogens is 3. The summed E-state index contributed by atoms with van der Waals surface area (Å²) in [7, 11) is -3.42. The van der Waals surface area contributed by atoms with Gasteiger partial charge in [0.15, 0.2) is 5.13 Å². The average molecular weight is 502 g/mol. The van der Waals surface area contributed by atoms with Crippen molar-refractivity contribution < 1.29 is 17.9 Å². The zero-order valence-electron chi connectivity index (χ0n) is 19.4. The summed E-state index contributed by atoms with van der Waals surface area (Å²) in [5.74, 6) is -0.164. The lowest BCUT2D eigenvalue weighted by Gasteiger charge is -2.26. The molecule has 1 amide bonds. The predicted octanol–water partition coefficient (Wildman–Crippen LogP) is 3.72. The number of thiazole rings is 1. The second kappa shape index (κ2) is 8.95. The lowest BCUT2D eigenvalue weighted by atomic mass is 9.78. The molecular weight excluding hydrogens is 474 g/mol. The van der Waals surface area contributed by atoms with Crippen LogP contribution >= 0.6 is 11.3 Å². The molecule has 0 spiro atoms. The number of hydrogen-bond donors (Lipinski definition) is 2. The van der Waals surface area contributed by atoms with Crippen LogP contribution in [0.2, 0.25) is 0 Å². The highest BCUT2D eigenvalue weighted by atomic mass is 32.2. The molecule has 3 N–H and O–H groups in total. The SMILES string of the molecule is CC(C)Oc1cncc(-c2ccc(C(N)=O)cc2C(C)(C)c2csc(NS(=O)(=O)C3CC3)n2)n1. The van der Waals surface area contributed by atoms with Gasteiger partial charge in [-0.05, 0) is 44.4 Å². The molecule has 9 nitrogen and oxygen atoms in total. The number of nitrogens with two attached hydrogens (primary N) is 1. The van der Waals surface area contributed by atoms with Crippen LogP contribution in [0.15, 0.2) is 36.0 Å². The van der Waals surface area contributed by atoms with Crippen LogP contribution in [0.25, 0.3) is 11.3 Å². The molecule has 3 aromatic rings. The molecule has 180 valence electrons. The predicted molar refractivity (Wildman–Crippen MR) is 132 cm³/mol. The third kappa shape index (κ3) is 5.05. The lowest BCUT2D eigenvalue weighted by molar-refractivity contribution is 0.1000. The van der Waals surface area contributed by atoms with E-state index in [4.69, 9.17) is 10.5 Å². The fourth-order valence-corrected chi connectivity index (χ4v) is 6.02. The van der Waals surface area contributed by atoms with Crippen LogP contribution in [0.3, 0.4) is 0 Å². The highest BCUT2D eigenvalue weighted by molar-refractivity contribution is 7.93. The van der Waals surface area contributed by atoms with Crippen molar-refractivity contribution in [1.82, 2.24) is 15.0 Å². The molecule has 2 heterocycles. The Hall–Kier alpha value is -3.05. The maximum atomic E-state index is 12.3. The summed E-state index contributed by atoms with van der Waals surface area (Å²) in [6.45, 7) is 7.71. The summed E-state index contributed by atoms with van der Waals surface area (Å²) in [4.78, 5) is 25.4. The van der Waals surface area contributed by atoms with Gasteiger partial charge in [0.2, 0.25) is 21.8 Å². The second-order valence-corrected chi connectivity index (χ2v) is 11.9. The summed E-state index contributed by atoms with van der Waals surface area (Å²) >= 11 is 1.22. The van der Waals surface area contributed by atoms with Crippen molar-refractivity contribution >= 4 is 32.4 Å². The van der Waals surface area contributed by atoms with Crippen LogP contribution in [0.4, 0.5) is 5.13 Å². The first kappa shape index (κ1) is 24.1. The van der Waals surface area contributed by atoms with Crippen molar-refractivity contribution in [2.75, 3.05) is 4.72 Å². The molecule has 1 fully saturated rings. The molecule has 0 radical (unpaired) electrons. The molecule has 0 aliphatic heterocycles. The van der Waals surface area contributed by atoms with Crippen molar-refractivity contribution in [3.05, 3.63) is 52.8 Å². The van der Waals surface area contributed by atoms with Gasteiger partial charge in [-0.3, -0.25) is 14.5 Å². The second-order valence-electron chi connectivity index (χ2n) is 9.04. The maximum Gasteiger partial charge on any atom is 0.248 e. The summed E-state index contributed by atoms with van der Waals surface area (Å²) < 4.78 is 33.0. The van der Waals surface area contributed by atoms with E-state index in [1.54, 1.807) is 30.6 Å². The maximum absolute atomic E-state index is 12.3. The number of nitrogens with zero attached hydrogens (tertiary/aromatic N) is 3. The minimum absolute atomic E-state index is 0.0643. The molecule has 4 rings (SSSR count). The highest BCUT2D eigenvalue weighted by Gasteiger charge is 2.37. The molecular formula is C23H27N5O4S2. The normalized spacial score (nSPS) is 14.3. The lowest BCUT2D eigenvalue weighted by Crippen LogP contribution is -2.23. The Morgan fingerprint density at radius 2 is 1.97 bits per heavy atom. The Morgan fingerprint density at radius 1 is 1.24 bits per heavy atom. The number of hydrogen-bond acceptors (Lipinski definition) is 8. The van der Waals surface area contributed by atoms with E-state index in [1.807, 2.05) is 33.1 Å². The third-order valence-electron chi connectivity index (χ3n) is 5.56. The van der Waals surface area contributed by atoms with Gasteiger partial charge >= 0.3 is 0 Å². The minimum Gasteiger partial charge on any atom is -0.474 e. The van der Waals surface area contributed by atoms with Gasteiger partial charge in [-0.15, -0.1) is 11.3 Å². The molecule has 1 aromatic carbocycles. The van der Waals surface area contributed by atoms with E-state index in [0.29, 0.717) is 40.8 Å². The molecule has 34 heavy (non-hydrogen) atoms. The first-order valence-electron chi connectivity index (χ1n) is 10.9. The van der Waals surface area contributed by atoms with E-state index in [0.717, 1.165) is 11.1 Å². The van der Waals surface area contributed by atoms with Gasteiger partial charge in [0.1, 0.15) is 0 Å². The number of ether oxygens (including phenoxy) is 1. The van der Waals surface area contributed by atoms with Crippen LogP contribution in [-0.2, 0) is 15.4 Å². The van der Waals surface area contributed by atoms with E-state index in [2.05, 4.69) is 19.7 Å². The molecule has 0 bridgehead atoms. The Labute approximate surface area is 202 Å². The topological polar surface area (TPSA) is 137 Å². The van der Waals surface area contributed by atoms with Gasteiger partial charge in [0.25, 0.3) is 0 Å². The van der Waals surface area contributed by atoms with Crippen LogP contribution in [-0.4, -0.2) is 40.6 Å². The summed E-state index contributed by atoms with van der Waals surface area (Å²) in [6.07, 6.45) is 4.45. The number of nitrogens with one attached hydrogen (secondary N) is 1. The fraction of sp³-hybridized carbons (Fsp3) is 0.391. The number of anilines is 1. The number of carbonyl (C=O) groups is 1.